The Morgan fingerprint density at radius 2 is 2.03 bits per heavy atom. The van der Waals surface area contributed by atoms with Gasteiger partial charge in [0.25, 0.3) is 5.56 Å². The van der Waals surface area contributed by atoms with Crippen molar-refractivity contribution in [2.75, 3.05) is 29.9 Å². The Balaban J connectivity index is 1.72. The van der Waals surface area contributed by atoms with Gasteiger partial charge in [0.05, 0.1) is 28.4 Å². The molecule has 0 bridgehead atoms. The van der Waals surface area contributed by atoms with E-state index in [1.54, 1.807) is 13.1 Å². The molecule has 3 heterocycles. The zero-order chi connectivity index (χ0) is 26.0. The van der Waals surface area contributed by atoms with Gasteiger partial charge >= 0.3 is 6.18 Å². The maximum absolute atomic E-state index is 13.6. The lowest BCUT2D eigenvalue weighted by Crippen LogP contribution is -2.38. The van der Waals surface area contributed by atoms with Crippen LogP contribution in [0.1, 0.15) is 32.0 Å². The Bertz CT molecular complexity index is 1270. The fraction of sp³-hybridized carbons (Fsp3) is 0.458. The standard InChI is InChI=1S/C24H27ClF3N5O2S/c1-4-17-20(30-18-12-32(13-19(18)35-6-3)23-29-9-10-36-23)22(34)33(5-2)21(31-17)15-8-7-14(11-16(15)25)24(26,27)28/h7-11,18-19,30H,4-6,12-13H2,1-3H3/t18-,19+/m1/s1. The van der Waals surface area contributed by atoms with Gasteiger partial charge in [-0.1, -0.05) is 18.5 Å². The summed E-state index contributed by atoms with van der Waals surface area (Å²) in [6.45, 7) is 7.60. The van der Waals surface area contributed by atoms with Crippen LogP contribution in [0.2, 0.25) is 5.02 Å². The van der Waals surface area contributed by atoms with Crippen molar-refractivity contribution in [3.63, 3.8) is 0 Å². The number of aryl methyl sites for hydroxylation is 1. The number of aromatic nitrogens is 3. The van der Waals surface area contributed by atoms with Crippen molar-refractivity contribution < 1.29 is 17.9 Å². The third kappa shape index (κ3) is 5.23. The van der Waals surface area contributed by atoms with Crippen LogP contribution in [-0.4, -0.2) is 46.4 Å². The van der Waals surface area contributed by atoms with Crippen LogP contribution >= 0.6 is 22.9 Å². The van der Waals surface area contributed by atoms with Crippen LogP contribution < -0.4 is 15.8 Å². The van der Waals surface area contributed by atoms with Gasteiger partial charge in [-0.2, -0.15) is 13.2 Å². The summed E-state index contributed by atoms with van der Waals surface area (Å²) in [7, 11) is 0. The molecule has 0 saturated carbocycles. The summed E-state index contributed by atoms with van der Waals surface area (Å²) in [5, 5.41) is 6.07. The number of hydrogen-bond donors (Lipinski definition) is 1. The first-order chi connectivity index (χ1) is 17.2. The van der Waals surface area contributed by atoms with E-state index in [2.05, 4.69) is 15.2 Å². The highest BCUT2D eigenvalue weighted by molar-refractivity contribution is 7.13. The second-order valence-corrected chi connectivity index (χ2v) is 9.60. The molecule has 0 amide bonds. The average molecular weight is 542 g/mol. The third-order valence-corrected chi connectivity index (χ3v) is 7.24. The second kappa shape index (κ2) is 10.8. The number of rotatable bonds is 8. The molecule has 4 rings (SSSR count). The summed E-state index contributed by atoms with van der Waals surface area (Å²) in [5.74, 6) is 0.237. The molecule has 0 unspecified atom stereocenters. The van der Waals surface area contributed by atoms with Gasteiger partial charge in [-0.3, -0.25) is 9.36 Å². The molecule has 1 aromatic carbocycles. The van der Waals surface area contributed by atoms with Gasteiger partial charge in [-0.15, -0.1) is 11.3 Å². The van der Waals surface area contributed by atoms with Gasteiger partial charge in [-0.25, -0.2) is 9.97 Å². The van der Waals surface area contributed by atoms with Gasteiger partial charge < -0.3 is 15.0 Å². The number of benzene rings is 1. The quantitative estimate of drug-likeness (QED) is 0.416. The van der Waals surface area contributed by atoms with E-state index in [4.69, 9.17) is 21.3 Å². The monoisotopic (exact) mass is 541 g/mol. The predicted molar refractivity (Wildman–Crippen MR) is 136 cm³/mol. The molecule has 36 heavy (non-hydrogen) atoms. The molecule has 194 valence electrons. The maximum atomic E-state index is 13.6. The molecule has 3 aromatic rings. The van der Waals surface area contributed by atoms with Crippen molar-refractivity contribution in [3.8, 4) is 11.4 Å². The number of halogens is 4. The maximum Gasteiger partial charge on any atom is 0.416 e. The van der Waals surface area contributed by atoms with Crippen LogP contribution in [0.25, 0.3) is 11.4 Å². The molecule has 12 heteroatoms. The number of nitrogens with zero attached hydrogens (tertiary/aromatic N) is 4. The van der Waals surface area contributed by atoms with Crippen molar-refractivity contribution >= 4 is 33.8 Å². The highest BCUT2D eigenvalue weighted by atomic mass is 35.5. The molecular weight excluding hydrogens is 515 g/mol. The first kappa shape index (κ1) is 26.4. The number of thiazole rings is 1. The van der Waals surface area contributed by atoms with Crippen molar-refractivity contribution in [2.24, 2.45) is 0 Å². The minimum absolute atomic E-state index is 0.118. The van der Waals surface area contributed by atoms with E-state index in [0.29, 0.717) is 37.5 Å². The molecule has 0 spiro atoms. The molecule has 1 saturated heterocycles. The highest BCUT2D eigenvalue weighted by Gasteiger charge is 2.36. The molecule has 2 atom stereocenters. The summed E-state index contributed by atoms with van der Waals surface area (Å²) in [6, 6.07) is 2.89. The number of hydrogen-bond acceptors (Lipinski definition) is 7. The van der Waals surface area contributed by atoms with Crippen LogP contribution in [-0.2, 0) is 23.9 Å². The normalized spacial score (nSPS) is 18.1. The third-order valence-electron chi connectivity index (χ3n) is 6.10. The van der Waals surface area contributed by atoms with Gasteiger partial charge in [0.15, 0.2) is 5.13 Å². The largest absolute Gasteiger partial charge is 0.416 e. The van der Waals surface area contributed by atoms with Crippen LogP contribution in [0.3, 0.4) is 0 Å². The lowest BCUT2D eigenvalue weighted by molar-refractivity contribution is -0.137. The van der Waals surface area contributed by atoms with Crippen LogP contribution in [0.15, 0.2) is 34.6 Å². The molecule has 1 fully saturated rings. The van der Waals surface area contributed by atoms with Crippen molar-refractivity contribution in [1.82, 2.24) is 14.5 Å². The van der Waals surface area contributed by atoms with Gasteiger partial charge in [0.2, 0.25) is 0 Å². The topological polar surface area (TPSA) is 72.3 Å². The molecule has 7 nitrogen and oxygen atoms in total. The molecule has 1 aliphatic rings. The number of ether oxygens (including phenoxy) is 1. The summed E-state index contributed by atoms with van der Waals surface area (Å²) < 4.78 is 46.8. The van der Waals surface area contributed by atoms with Crippen LogP contribution in [0.4, 0.5) is 24.0 Å². The van der Waals surface area contributed by atoms with Crippen molar-refractivity contribution in [2.45, 2.75) is 52.1 Å². The lowest BCUT2D eigenvalue weighted by Gasteiger charge is -2.23. The molecule has 1 aliphatic heterocycles. The Labute approximate surface area is 215 Å². The molecule has 0 radical (unpaired) electrons. The Morgan fingerprint density at radius 1 is 1.25 bits per heavy atom. The predicted octanol–water partition coefficient (Wildman–Crippen LogP) is 5.33. The zero-order valence-corrected chi connectivity index (χ0v) is 21.7. The lowest BCUT2D eigenvalue weighted by atomic mass is 10.1. The van der Waals surface area contributed by atoms with E-state index in [1.165, 1.54) is 22.0 Å². The van der Waals surface area contributed by atoms with Gasteiger partial charge in [0, 0.05) is 43.4 Å². The van der Waals surface area contributed by atoms with E-state index >= 15 is 0 Å². The van der Waals surface area contributed by atoms with Gasteiger partial charge in [0.1, 0.15) is 11.5 Å². The van der Waals surface area contributed by atoms with E-state index in [1.807, 2.05) is 19.2 Å². The van der Waals surface area contributed by atoms with Gasteiger partial charge in [-0.05, 0) is 38.5 Å². The minimum atomic E-state index is -4.52. The first-order valence-corrected chi connectivity index (χ1v) is 13.0. The highest BCUT2D eigenvalue weighted by Crippen LogP contribution is 2.35. The average Bonchev–Trinajstić information content (AvgIpc) is 3.50. The smallest absolute Gasteiger partial charge is 0.374 e. The molecular formula is C24H27ClF3N5O2S. The Morgan fingerprint density at radius 3 is 2.61 bits per heavy atom. The second-order valence-electron chi connectivity index (χ2n) is 8.32. The number of anilines is 2. The summed E-state index contributed by atoms with van der Waals surface area (Å²) in [6.07, 6.45) is -2.49. The van der Waals surface area contributed by atoms with E-state index < -0.39 is 11.7 Å². The molecule has 2 aromatic heterocycles. The van der Waals surface area contributed by atoms with Crippen molar-refractivity contribution in [1.29, 1.82) is 0 Å². The minimum Gasteiger partial charge on any atom is -0.374 e. The number of alkyl halides is 3. The first-order valence-electron chi connectivity index (χ1n) is 11.7. The van der Waals surface area contributed by atoms with Crippen molar-refractivity contribution in [3.05, 3.63) is 56.4 Å². The molecule has 1 N–H and O–H groups in total. The fourth-order valence-electron chi connectivity index (χ4n) is 4.38. The SMILES string of the molecule is CCO[C@H]1CN(c2nccs2)C[C@H]1Nc1c(CC)nc(-c2ccc(C(F)(F)F)cc2Cl)n(CC)c1=O. The summed E-state index contributed by atoms with van der Waals surface area (Å²) in [5.41, 5.74) is -0.0183. The number of nitrogens with one attached hydrogen (secondary N) is 1. The summed E-state index contributed by atoms with van der Waals surface area (Å²) >= 11 is 7.78. The zero-order valence-electron chi connectivity index (χ0n) is 20.1. The van der Waals surface area contributed by atoms with Crippen LogP contribution in [0, 0.1) is 0 Å². The van der Waals surface area contributed by atoms with E-state index in [-0.39, 0.29) is 40.7 Å². The Kier molecular flexibility index (Phi) is 7.91. The Hall–Kier alpha value is -2.63. The summed E-state index contributed by atoms with van der Waals surface area (Å²) in [4.78, 5) is 24.9. The van der Waals surface area contributed by atoms with Crippen LogP contribution in [0.5, 0.6) is 0 Å². The van der Waals surface area contributed by atoms with E-state index in [9.17, 15) is 18.0 Å². The molecule has 0 aliphatic carbocycles. The van der Waals surface area contributed by atoms with E-state index in [0.717, 1.165) is 17.3 Å². The fourth-order valence-corrected chi connectivity index (χ4v) is 5.31.